The fraction of sp³-hybridized carbons (Fsp3) is 0.250. The number of aliphatic imine (C=N–C) groups is 1. The minimum Gasteiger partial charge on any atom is -0.403 e. The van der Waals surface area contributed by atoms with Crippen LogP contribution in [0.25, 0.3) is 11.5 Å². The summed E-state index contributed by atoms with van der Waals surface area (Å²) >= 11 is 9.64. The third-order valence-electron chi connectivity index (χ3n) is 4.28. The normalized spacial score (nSPS) is 12.2. The van der Waals surface area contributed by atoms with E-state index in [1.807, 2.05) is 0 Å². The first-order valence-electron chi connectivity index (χ1n) is 9.54. The van der Waals surface area contributed by atoms with E-state index in [2.05, 4.69) is 41.8 Å². The maximum absolute atomic E-state index is 15.4. The molecule has 0 aliphatic rings. The first kappa shape index (κ1) is 24.1. The van der Waals surface area contributed by atoms with Crippen molar-refractivity contribution in [3.05, 3.63) is 45.6 Å². The van der Waals surface area contributed by atoms with E-state index in [0.717, 1.165) is 17.3 Å². The number of rotatable bonds is 10. The molecule has 0 saturated heterocycles. The molecule has 8 nitrogen and oxygen atoms in total. The summed E-state index contributed by atoms with van der Waals surface area (Å²) in [5.74, 6) is 0.115. The number of halogens is 3. The van der Waals surface area contributed by atoms with E-state index < -0.39 is 16.6 Å². The Balaban J connectivity index is 1.84. The summed E-state index contributed by atoms with van der Waals surface area (Å²) in [6.07, 6.45) is 4.72. The van der Waals surface area contributed by atoms with Crippen LogP contribution in [0.15, 0.2) is 44.2 Å². The second-order valence-electron chi connectivity index (χ2n) is 6.71. The van der Waals surface area contributed by atoms with Crippen LogP contribution in [0.2, 0.25) is 5.02 Å². The van der Waals surface area contributed by atoms with Crippen LogP contribution >= 0.6 is 27.5 Å². The minimum atomic E-state index is -0.806. The summed E-state index contributed by atoms with van der Waals surface area (Å²) in [6, 6.07) is 8.20. The van der Waals surface area contributed by atoms with E-state index in [1.54, 1.807) is 30.5 Å². The third-order valence-corrected chi connectivity index (χ3v) is 5.95. The molecule has 3 aromatic rings. The van der Waals surface area contributed by atoms with Crippen molar-refractivity contribution in [3.63, 3.8) is 0 Å². The van der Waals surface area contributed by atoms with Crippen molar-refractivity contribution in [3.8, 4) is 11.5 Å². The zero-order valence-electron chi connectivity index (χ0n) is 17.1. The molecule has 4 N–H and O–H groups in total. The second-order valence-corrected chi connectivity index (χ2v) is 9.59. The van der Waals surface area contributed by atoms with Gasteiger partial charge >= 0.3 is 6.01 Å². The number of hydrogen-bond donors (Lipinski definition) is 3. The largest absolute Gasteiger partial charge is 0.403 e. The van der Waals surface area contributed by atoms with E-state index in [1.165, 1.54) is 12.4 Å². The van der Waals surface area contributed by atoms with E-state index >= 15 is 4.39 Å². The van der Waals surface area contributed by atoms with Crippen LogP contribution in [-0.2, 0) is 10.8 Å². The highest BCUT2D eigenvalue weighted by Gasteiger charge is 2.19. The zero-order chi connectivity index (χ0) is 23.1. The molecule has 0 saturated carbocycles. The lowest BCUT2D eigenvalue weighted by molar-refractivity contribution is 0.588. The number of nitrogens with one attached hydrogen (secondary N) is 2. The summed E-state index contributed by atoms with van der Waals surface area (Å²) in [7, 11) is -0.806. The smallest absolute Gasteiger partial charge is 0.313 e. The maximum atomic E-state index is 15.4. The Hall–Kier alpha value is -2.50. The fourth-order valence-electron chi connectivity index (χ4n) is 2.75. The van der Waals surface area contributed by atoms with Gasteiger partial charge in [0.15, 0.2) is 5.82 Å². The van der Waals surface area contributed by atoms with Crippen molar-refractivity contribution in [1.82, 2.24) is 10.2 Å². The fourth-order valence-corrected chi connectivity index (χ4v) is 4.08. The molecule has 1 aromatic heterocycles. The highest BCUT2D eigenvalue weighted by atomic mass is 79.9. The van der Waals surface area contributed by atoms with Gasteiger partial charge in [-0.2, -0.15) is 0 Å². The number of anilines is 4. The molecule has 2 aromatic carbocycles. The quantitative estimate of drug-likeness (QED) is 0.182. The van der Waals surface area contributed by atoms with Crippen molar-refractivity contribution in [1.29, 1.82) is 0 Å². The molecule has 0 amide bonds. The summed E-state index contributed by atoms with van der Waals surface area (Å²) in [4.78, 5) is 4.22. The highest BCUT2D eigenvalue weighted by molar-refractivity contribution is 9.10. The average Bonchev–Trinajstić information content (AvgIpc) is 3.17. The minimum absolute atomic E-state index is 0.0608. The number of aromatic nitrogens is 2. The predicted molar refractivity (Wildman–Crippen MR) is 132 cm³/mol. The predicted octanol–water partition coefficient (Wildman–Crippen LogP) is 5.22. The molecule has 0 spiro atoms. The standard InChI is InChI=1S/C20H21BrClFN6O2S/c1-32(30)9-3-2-8-25-11-26-16-7-5-13(19-28-29-20(24)31-19)18(17(16)23)27-15-6-4-12(21)10-14(15)22/h4-7,10-11,27H,2-3,8-9H2,1H3,(H2,24,29)(H,25,26). The Morgan fingerprint density at radius 3 is 2.75 bits per heavy atom. The number of benzene rings is 2. The molecule has 0 bridgehead atoms. The van der Waals surface area contributed by atoms with Crippen molar-refractivity contribution in [2.45, 2.75) is 12.8 Å². The van der Waals surface area contributed by atoms with Gasteiger partial charge in [0.1, 0.15) is 0 Å². The Bertz CT molecular complexity index is 1140. The van der Waals surface area contributed by atoms with Crippen LogP contribution in [0.3, 0.4) is 0 Å². The van der Waals surface area contributed by atoms with Crippen LogP contribution in [-0.4, -0.2) is 39.3 Å². The summed E-state index contributed by atoms with van der Waals surface area (Å²) in [5.41, 5.74) is 6.61. The summed E-state index contributed by atoms with van der Waals surface area (Å²) < 4.78 is 32.6. The molecule has 1 unspecified atom stereocenters. The van der Waals surface area contributed by atoms with E-state index in [-0.39, 0.29) is 23.3 Å². The molecule has 0 aliphatic heterocycles. The molecule has 32 heavy (non-hydrogen) atoms. The molecule has 12 heteroatoms. The molecule has 1 atom stereocenters. The highest BCUT2D eigenvalue weighted by Crippen LogP contribution is 2.38. The number of nitrogen functional groups attached to an aromatic ring is 1. The molecular weight excluding hydrogens is 523 g/mol. The first-order chi connectivity index (χ1) is 15.3. The van der Waals surface area contributed by atoms with E-state index in [9.17, 15) is 4.21 Å². The number of hydrogen-bond acceptors (Lipinski definition) is 7. The average molecular weight is 544 g/mol. The van der Waals surface area contributed by atoms with Gasteiger partial charge in [-0.1, -0.05) is 32.6 Å². The van der Waals surface area contributed by atoms with Crippen LogP contribution in [0.4, 0.5) is 27.5 Å². The molecular formula is C20H21BrClFN6O2S. The molecule has 0 fully saturated rings. The van der Waals surface area contributed by atoms with Gasteiger partial charge in [-0.15, -0.1) is 5.10 Å². The van der Waals surface area contributed by atoms with Crippen molar-refractivity contribution in [2.24, 2.45) is 4.99 Å². The molecule has 0 aliphatic carbocycles. The number of unbranched alkanes of at least 4 members (excludes halogenated alkanes) is 1. The SMILES string of the molecule is CS(=O)CCCCN=CNc1ccc(-c2nnc(N)o2)c(Nc2ccc(Br)cc2Cl)c1F. The summed E-state index contributed by atoms with van der Waals surface area (Å²) in [6.45, 7) is 0.546. The monoisotopic (exact) mass is 542 g/mol. The van der Waals surface area contributed by atoms with Crippen LogP contribution < -0.4 is 16.4 Å². The lowest BCUT2D eigenvalue weighted by Gasteiger charge is -2.15. The molecule has 3 rings (SSSR count). The third kappa shape index (κ3) is 6.50. The van der Waals surface area contributed by atoms with E-state index in [0.29, 0.717) is 28.6 Å². The Morgan fingerprint density at radius 1 is 1.28 bits per heavy atom. The lowest BCUT2D eigenvalue weighted by Crippen LogP contribution is -2.04. The van der Waals surface area contributed by atoms with Gasteiger partial charge in [-0.05, 0) is 43.2 Å². The van der Waals surface area contributed by atoms with Crippen LogP contribution in [0.5, 0.6) is 0 Å². The Labute approximate surface area is 200 Å². The topological polar surface area (TPSA) is 118 Å². The van der Waals surface area contributed by atoms with Gasteiger partial charge in [0, 0.05) is 33.8 Å². The second kappa shape index (κ2) is 11.4. The van der Waals surface area contributed by atoms with Gasteiger partial charge < -0.3 is 20.8 Å². The molecule has 0 radical (unpaired) electrons. The van der Waals surface area contributed by atoms with Crippen molar-refractivity contribution in [2.75, 3.05) is 34.9 Å². The maximum Gasteiger partial charge on any atom is 0.313 e. The first-order valence-corrected chi connectivity index (χ1v) is 12.4. The van der Waals surface area contributed by atoms with Gasteiger partial charge in [0.25, 0.3) is 5.89 Å². The van der Waals surface area contributed by atoms with Gasteiger partial charge in [-0.25, -0.2) is 4.39 Å². The molecule has 170 valence electrons. The van der Waals surface area contributed by atoms with Gasteiger partial charge in [-0.3, -0.25) is 9.20 Å². The van der Waals surface area contributed by atoms with Gasteiger partial charge in [0.2, 0.25) is 0 Å². The number of nitrogens with zero attached hydrogens (tertiary/aromatic N) is 3. The van der Waals surface area contributed by atoms with Crippen LogP contribution in [0, 0.1) is 5.82 Å². The Morgan fingerprint density at radius 2 is 2.06 bits per heavy atom. The molecule has 1 heterocycles. The lowest BCUT2D eigenvalue weighted by atomic mass is 10.1. The number of nitrogens with two attached hydrogens (primary N) is 1. The van der Waals surface area contributed by atoms with Gasteiger partial charge in [0.05, 0.1) is 34.0 Å². The van der Waals surface area contributed by atoms with Crippen molar-refractivity contribution < 1.29 is 13.0 Å². The van der Waals surface area contributed by atoms with Crippen molar-refractivity contribution >= 4 is 67.7 Å². The summed E-state index contributed by atoms with van der Waals surface area (Å²) in [5, 5.41) is 13.7. The zero-order valence-corrected chi connectivity index (χ0v) is 20.2. The Kier molecular flexibility index (Phi) is 8.60. The van der Waals surface area contributed by atoms with Crippen LogP contribution in [0.1, 0.15) is 12.8 Å². The van der Waals surface area contributed by atoms with E-state index in [4.69, 9.17) is 21.8 Å².